The molecule has 0 aliphatic heterocycles. The van der Waals surface area contributed by atoms with Crippen molar-refractivity contribution in [1.82, 2.24) is 4.98 Å². The molecule has 0 bridgehead atoms. The van der Waals surface area contributed by atoms with Crippen molar-refractivity contribution in [3.05, 3.63) is 76.0 Å². The number of hydrogen-bond donors (Lipinski definition) is 2. The number of benzene rings is 2. The van der Waals surface area contributed by atoms with E-state index < -0.39 is 0 Å². The standard InChI is InChI=1S/C19H15ClN2O2/c1-12(23)21-18-16(13-7-9-15(20)10-8-13)11-17(22-19(18)24)14-5-3-2-4-6-14/h2-11H,1H3,(H,21,23)(H,22,24). The molecule has 0 radical (unpaired) electrons. The van der Waals surface area contributed by atoms with Gasteiger partial charge in [0.15, 0.2) is 0 Å². The fourth-order valence-electron chi connectivity index (χ4n) is 2.49. The summed E-state index contributed by atoms with van der Waals surface area (Å²) in [5.41, 5.74) is 2.88. The van der Waals surface area contributed by atoms with E-state index in [-0.39, 0.29) is 17.2 Å². The molecular weight excluding hydrogens is 324 g/mol. The van der Waals surface area contributed by atoms with Gasteiger partial charge in [-0.05, 0) is 29.3 Å². The molecule has 1 heterocycles. The summed E-state index contributed by atoms with van der Waals surface area (Å²) in [7, 11) is 0. The minimum absolute atomic E-state index is 0.226. The van der Waals surface area contributed by atoms with E-state index in [1.807, 2.05) is 48.5 Å². The van der Waals surface area contributed by atoms with E-state index in [9.17, 15) is 9.59 Å². The quantitative estimate of drug-likeness (QED) is 0.747. The molecule has 24 heavy (non-hydrogen) atoms. The largest absolute Gasteiger partial charge is 0.321 e. The van der Waals surface area contributed by atoms with Crippen LogP contribution in [-0.4, -0.2) is 10.9 Å². The van der Waals surface area contributed by atoms with E-state index in [0.29, 0.717) is 16.3 Å². The number of hydrogen-bond acceptors (Lipinski definition) is 2. The molecule has 4 nitrogen and oxygen atoms in total. The molecule has 3 rings (SSSR count). The summed E-state index contributed by atoms with van der Waals surface area (Å²) in [5, 5.41) is 3.22. The Balaban J connectivity index is 2.22. The van der Waals surface area contributed by atoms with Gasteiger partial charge in [-0.2, -0.15) is 0 Å². The molecule has 0 saturated heterocycles. The van der Waals surface area contributed by atoms with E-state index in [0.717, 1.165) is 11.1 Å². The van der Waals surface area contributed by atoms with Crippen molar-refractivity contribution < 1.29 is 4.79 Å². The molecular formula is C19H15ClN2O2. The molecule has 2 N–H and O–H groups in total. The average Bonchev–Trinajstić information content (AvgIpc) is 2.58. The number of H-pyrrole nitrogens is 1. The van der Waals surface area contributed by atoms with E-state index in [4.69, 9.17) is 11.6 Å². The van der Waals surface area contributed by atoms with Gasteiger partial charge in [0.1, 0.15) is 5.69 Å². The Morgan fingerprint density at radius 1 is 1.00 bits per heavy atom. The Morgan fingerprint density at radius 3 is 2.29 bits per heavy atom. The van der Waals surface area contributed by atoms with E-state index in [1.54, 1.807) is 12.1 Å². The van der Waals surface area contributed by atoms with E-state index in [2.05, 4.69) is 10.3 Å². The van der Waals surface area contributed by atoms with Gasteiger partial charge in [-0.15, -0.1) is 0 Å². The Kier molecular flexibility index (Phi) is 4.49. The molecule has 0 fully saturated rings. The Labute approximate surface area is 144 Å². The molecule has 1 aromatic heterocycles. The van der Waals surface area contributed by atoms with Crippen molar-refractivity contribution in [2.24, 2.45) is 0 Å². The monoisotopic (exact) mass is 338 g/mol. The summed E-state index contributed by atoms with van der Waals surface area (Å²) in [5.74, 6) is -0.303. The molecule has 0 aliphatic rings. The number of rotatable bonds is 3. The lowest BCUT2D eigenvalue weighted by Crippen LogP contribution is -2.19. The SMILES string of the molecule is CC(=O)Nc1c(-c2ccc(Cl)cc2)cc(-c2ccccc2)[nH]c1=O. The molecule has 120 valence electrons. The van der Waals surface area contributed by atoms with Gasteiger partial charge in [0.05, 0.1) is 0 Å². The smallest absolute Gasteiger partial charge is 0.272 e. The van der Waals surface area contributed by atoms with Crippen LogP contribution in [0.1, 0.15) is 6.92 Å². The number of carbonyl (C=O) groups is 1. The first-order chi connectivity index (χ1) is 11.5. The highest BCUT2D eigenvalue weighted by Crippen LogP contribution is 2.29. The third kappa shape index (κ3) is 3.39. The molecule has 0 atom stereocenters. The molecule has 0 saturated carbocycles. The highest BCUT2D eigenvalue weighted by atomic mass is 35.5. The van der Waals surface area contributed by atoms with Crippen molar-refractivity contribution in [3.63, 3.8) is 0 Å². The van der Waals surface area contributed by atoms with Crippen molar-refractivity contribution >= 4 is 23.2 Å². The van der Waals surface area contributed by atoms with Gasteiger partial charge in [0.2, 0.25) is 5.91 Å². The number of aromatic nitrogens is 1. The summed E-state index contributed by atoms with van der Waals surface area (Å²) in [4.78, 5) is 26.8. The van der Waals surface area contributed by atoms with Gasteiger partial charge in [-0.25, -0.2) is 0 Å². The number of pyridine rings is 1. The maximum Gasteiger partial charge on any atom is 0.272 e. The fraction of sp³-hybridized carbons (Fsp3) is 0.0526. The first-order valence-corrected chi connectivity index (χ1v) is 7.78. The van der Waals surface area contributed by atoms with Gasteiger partial charge in [0.25, 0.3) is 5.56 Å². The molecule has 0 spiro atoms. The van der Waals surface area contributed by atoms with Crippen molar-refractivity contribution in [3.8, 4) is 22.4 Å². The maximum absolute atomic E-state index is 12.5. The number of amides is 1. The fourth-order valence-corrected chi connectivity index (χ4v) is 2.62. The van der Waals surface area contributed by atoms with Gasteiger partial charge in [0, 0.05) is 23.2 Å². The maximum atomic E-state index is 12.5. The first-order valence-electron chi connectivity index (χ1n) is 7.41. The number of halogens is 1. The van der Waals surface area contributed by atoms with Crippen LogP contribution in [-0.2, 0) is 4.79 Å². The van der Waals surface area contributed by atoms with Crippen LogP contribution >= 0.6 is 11.6 Å². The van der Waals surface area contributed by atoms with Crippen LogP contribution in [0.25, 0.3) is 22.4 Å². The Hall–Kier alpha value is -2.85. The average molecular weight is 339 g/mol. The predicted molar refractivity (Wildman–Crippen MR) is 97.2 cm³/mol. The molecule has 2 aromatic carbocycles. The van der Waals surface area contributed by atoms with E-state index >= 15 is 0 Å². The lowest BCUT2D eigenvalue weighted by atomic mass is 10.0. The second-order valence-electron chi connectivity index (χ2n) is 5.35. The van der Waals surface area contributed by atoms with Crippen LogP contribution in [0.3, 0.4) is 0 Å². The lowest BCUT2D eigenvalue weighted by Gasteiger charge is -2.12. The summed E-state index contributed by atoms with van der Waals surface area (Å²) < 4.78 is 0. The van der Waals surface area contributed by atoms with Crippen molar-refractivity contribution in [2.45, 2.75) is 6.92 Å². The van der Waals surface area contributed by atoms with Crippen molar-refractivity contribution in [1.29, 1.82) is 0 Å². The molecule has 0 aliphatic carbocycles. The van der Waals surface area contributed by atoms with Gasteiger partial charge in [-0.3, -0.25) is 9.59 Å². The van der Waals surface area contributed by atoms with Gasteiger partial charge < -0.3 is 10.3 Å². The van der Waals surface area contributed by atoms with Crippen molar-refractivity contribution in [2.75, 3.05) is 5.32 Å². The first kappa shape index (κ1) is 16.0. The summed E-state index contributed by atoms with van der Waals surface area (Å²) in [6.45, 7) is 1.37. The van der Waals surface area contributed by atoms with Gasteiger partial charge >= 0.3 is 0 Å². The second kappa shape index (κ2) is 6.72. The predicted octanol–water partition coefficient (Wildman–Crippen LogP) is 4.32. The third-order valence-electron chi connectivity index (χ3n) is 3.57. The third-order valence-corrected chi connectivity index (χ3v) is 3.83. The molecule has 1 amide bonds. The number of anilines is 1. The van der Waals surface area contributed by atoms with Gasteiger partial charge in [-0.1, -0.05) is 54.1 Å². The zero-order valence-corrected chi connectivity index (χ0v) is 13.7. The molecule has 3 aromatic rings. The minimum Gasteiger partial charge on any atom is -0.321 e. The zero-order chi connectivity index (χ0) is 17.1. The number of aromatic amines is 1. The number of nitrogens with one attached hydrogen (secondary N) is 2. The lowest BCUT2D eigenvalue weighted by molar-refractivity contribution is -0.114. The Morgan fingerprint density at radius 2 is 1.67 bits per heavy atom. The highest BCUT2D eigenvalue weighted by molar-refractivity contribution is 6.30. The summed E-state index contributed by atoms with van der Waals surface area (Å²) in [6.07, 6.45) is 0. The van der Waals surface area contributed by atoms with E-state index in [1.165, 1.54) is 6.92 Å². The van der Waals surface area contributed by atoms with Crippen LogP contribution < -0.4 is 10.9 Å². The number of carbonyl (C=O) groups excluding carboxylic acids is 1. The van der Waals surface area contributed by atoms with Crippen LogP contribution in [0.15, 0.2) is 65.5 Å². The summed E-state index contributed by atoms with van der Waals surface area (Å²) in [6, 6.07) is 18.5. The topological polar surface area (TPSA) is 62.0 Å². The second-order valence-corrected chi connectivity index (χ2v) is 5.79. The van der Waals surface area contributed by atoms with Crippen LogP contribution in [0.4, 0.5) is 5.69 Å². The summed E-state index contributed by atoms with van der Waals surface area (Å²) >= 11 is 5.94. The zero-order valence-electron chi connectivity index (χ0n) is 13.0. The van der Waals surface area contributed by atoms with Crippen LogP contribution in [0.5, 0.6) is 0 Å². The molecule has 5 heteroatoms. The normalized spacial score (nSPS) is 10.4. The highest BCUT2D eigenvalue weighted by Gasteiger charge is 2.13. The Bertz CT molecular complexity index is 932. The van der Waals surface area contributed by atoms with Crippen LogP contribution in [0.2, 0.25) is 5.02 Å². The van der Waals surface area contributed by atoms with Crippen LogP contribution in [0, 0.1) is 0 Å². The minimum atomic E-state index is -0.350. The molecule has 0 unspecified atom stereocenters.